The van der Waals surface area contributed by atoms with Crippen molar-refractivity contribution in [1.29, 1.82) is 0 Å². The van der Waals surface area contributed by atoms with Gasteiger partial charge in [-0.1, -0.05) is 12.1 Å². The van der Waals surface area contributed by atoms with Crippen molar-refractivity contribution in [1.82, 2.24) is 5.32 Å². The number of aryl methyl sites for hydroxylation is 1. The van der Waals surface area contributed by atoms with Gasteiger partial charge in [0.25, 0.3) is 0 Å². The maximum Gasteiger partial charge on any atom is 0.126 e. The third kappa shape index (κ3) is 2.85. The van der Waals surface area contributed by atoms with Crippen LogP contribution in [0.2, 0.25) is 0 Å². The molecule has 2 aliphatic rings. The molecule has 0 spiro atoms. The highest BCUT2D eigenvalue weighted by molar-refractivity contribution is 5.47. The van der Waals surface area contributed by atoms with E-state index >= 15 is 0 Å². The highest BCUT2D eigenvalue weighted by Gasteiger charge is 2.24. The molecule has 1 heterocycles. The van der Waals surface area contributed by atoms with E-state index in [1.54, 1.807) is 0 Å². The van der Waals surface area contributed by atoms with Crippen molar-refractivity contribution in [3.8, 4) is 5.75 Å². The minimum Gasteiger partial charge on any atom is -0.490 e. The Morgan fingerprint density at radius 3 is 2.40 bits per heavy atom. The molecular formula is C18H27NO. The molecule has 1 N–H and O–H groups in total. The average Bonchev–Trinajstić information content (AvgIpc) is 2.98. The van der Waals surface area contributed by atoms with Crippen molar-refractivity contribution in [3.63, 3.8) is 0 Å². The van der Waals surface area contributed by atoms with E-state index in [1.165, 1.54) is 61.0 Å². The minimum absolute atomic E-state index is 0.455. The van der Waals surface area contributed by atoms with Gasteiger partial charge in [-0.25, -0.2) is 0 Å². The highest BCUT2D eigenvalue weighted by atomic mass is 16.5. The molecule has 1 saturated heterocycles. The second kappa shape index (κ2) is 6.17. The van der Waals surface area contributed by atoms with Gasteiger partial charge >= 0.3 is 0 Å². The highest BCUT2D eigenvalue weighted by Crippen LogP contribution is 2.38. The summed E-state index contributed by atoms with van der Waals surface area (Å²) in [5.41, 5.74) is 4.17. The van der Waals surface area contributed by atoms with Crippen molar-refractivity contribution in [2.75, 3.05) is 13.1 Å². The molecule has 2 nitrogen and oxygen atoms in total. The van der Waals surface area contributed by atoms with Gasteiger partial charge in [0.1, 0.15) is 5.75 Å². The Balaban J connectivity index is 1.88. The molecule has 0 amide bonds. The normalized spacial score (nSPS) is 21.3. The molecule has 1 aromatic rings. The lowest BCUT2D eigenvalue weighted by Crippen LogP contribution is -2.27. The van der Waals surface area contributed by atoms with E-state index in [0.717, 1.165) is 13.1 Å². The summed E-state index contributed by atoms with van der Waals surface area (Å²) < 4.78 is 6.45. The smallest absolute Gasteiger partial charge is 0.126 e. The Morgan fingerprint density at radius 1 is 1.00 bits per heavy atom. The van der Waals surface area contributed by atoms with Gasteiger partial charge in [0, 0.05) is 0 Å². The standard InChI is InChI=1S/C18H27NO/c1-13-7-8-17(15-9-11-19-12-10-15)18(14(13)2)20-16-5-3-4-6-16/h7-8,15-16,19H,3-6,9-12H2,1-2H3. The molecule has 0 atom stereocenters. The van der Waals surface area contributed by atoms with E-state index in [2.05, 4.69) is 31.3 Å². The topological polar surface area (TPSA) is 21.3 Å². The van der Waals surface area contributed by atoms with Crippen LogP contribution in [0.25, 0.3) is 0 Å². The zero-order valence-corrected chi connectivity index (χ0v) is 12.9. The molecule has 1 aromatic carbocycles. The van der Waals surface area contributed by atoms with Crippen LogP contribution in [-0.2, 0) is 0 Å². The summed E-state index contributed by atoms with van der Waals surface area (Å²) >= 11 is 0. The monoisotopic (exact) mass is 273 g/mol. The summed E-state index contributed by atoms with van der Waals surface area (Å²) in [7, 11) is 0. The first-order valence-corrected chi connectivity index (χ1v) is 8.23. The fourth-order valence-corrected chi connectivity index (χ4v) is 3.59. The Morgan fingerprint density at radius 2 is 1.70 bits per heavy atom. The zero-order chi connectivity index (χ0) is 13.9. The number of rotatable bonds is 3. The lowest BCUT2D eigenvalue weighted by Gasteiger charge is -2.27. The van der Waals surface area contributed by atoms with Gasteiger partial charge in [-0.3, -0.25) is 0 Å². The SMILES string of the molecule is Cc1ccc(C2CCNCC2)c(OC2CCCC2)c1C. The second-order valence-electron chi connectivity index (χ2n) is 6.47. The minimum atomic E-state index is 0.455. The average molecular weight is 273 g/mol. The van der Waals surface area contributed by atoms with Gasteiger partial charge in [-0.05, 0) is 88.1 Å². The molecule has 1 aliphatic carbocycles. The first kappa shape index (κ1) is 13.9. The third-order valence-corrected chi connectivity index (χ3v) is 5.07. The summed E-state index contributed by atoms with van der Waals surface area (Å²) in [6.07, 6.45) is 8.07. The van der Waals surface area contributed by atoms with Gasteiger partial charge in [-0.2, -0.15) is 0 Å². The summed E-state index contributed by atoms with van der Waals surface area (Å²) in [4.78, 5) is 0. The number of nitrogens with one attached hydrogen (secondary N) is 1. The van der Waals surface area contributed by atoms with Crippen LogP contribution in [0.15, 0.2) is 12.1 Å². The molecular weight excluding hydrogens is 246 g/mol. The Kier molecular flexibility index (Phi) is 4.30. The van der Waals surface area contributed by atoms with Crippen LogP contribution < -0.4 is 10.1 Å². The summed E-state index contributed by atoms with van der Waals surface area (Å²) in [5, 5.41) is 3.46. The molecule has 0 unspecified atom stereocenters. The van der Waals surface area contributed by atoms with Crippen LogP contribution in [0.3, 0.4) is 0 Å². The molecule has 0 radical (unpaired) electrons. The van der Waals surface area contributed by atoms with Gasteiger partial charge in [0.15, 0.2) is 0 Å². The zero-order valence-electron chi connectivity index (χ0n) is 12.9. The van der Waals surface area contributed by atoms with Crippen molar-refractivity contribution >= 4 is 0 Å². The van der Waals surface area contributed by atoms with Gasteiger partial charge < -0.3 is 10.1 Å². The largest absolute Gasteiger partial charge is 0.490 e. The van der Waals surface area contributed by atoms with Crippen molar-refractivity contribution in [3.05, 3.63) is 28.8 Å². The third-order valence-electron chi connectivity index (χ3n) is 5.07. The predicted octanol–water partition coefficient (Wildman–Crippen LogP) is 4.09. The van der Waals surface area contributed by atoms with E-state index in [1.807, 2.05) is 0 Å². The van der Waals surface area contributed by atoms with Crippen molar-refractivity contribution in [2.45, 2.75) is 64.4 Å². The summed E-state index contributed by atoms with van der Waals surface area (Å²) in [6.45, 7) is 6.70. The molecule has 1 saturated carbocycles. The number of piperidine rings is 1. The quantitative estimate of drug-likeness (QED) is 0.895. The van der Waals surface area contributed by atoms with E-state index in [-0.39, 0.29) is 0 Å². The van der Waals surface area contributed by atoms with Crippen LogP contribution in [-0.4, -0.2) is 19.2 Å². The van der Waals surface area contributed by atoms with Crippen LogP contribution in [0.5, 0.6) is 5.75 Å². The van der Waals surface area contributed by atoms with E-state index < -0.39 is 0 Å². The lowest BCUT2D eigenvalue weighted by atomic mass is 9.87. The molecule has 0 bridgehead atoms. The lowest BCUT2D eigenvalue weighted by molar-refractivity contribution is 0.204. The molecule has 2 heteroatoms. The number of benzene rings is 1. The van der Waals surface area contributed by atoms with E-state index in [4.69, 9.17) is 4.74 Å². The molecule has 0 aromatic heterocycles. The molecule has 2 fully saturated rings. The van der Waals surface area contributed by atoms with Crippen molar-refractivity contribution < 1.29 is 4.74 Å². The van der Waals surface area contributed by atoms with Gasteiger partial charge in [0.2, 0.25) is 0 Å². The number of hydrogen-bond donors (Lipinski definition) is 1. The van der Waals surface area contributed by atoms with E-state index in [9.17, 15) is 0 Å². The van der Waals surface area contributed by atoms with Gasteiger partial charge in [-0.15, -0.1) is 0 Å². The molecule has 3 rings (SSSR count). The Hall–Kier alpha value is -1.02. The maximum atomic E-state index is 6.45. The summed E-state index contributed by atoms with van der Waals surface area (Å²) in [6, 6.07) is 4.59. The van der Waals surface area contributed by atoms with Gasteiger partial charge in [0.05, 0.1) is 6.10 Å². The first-order chi connectivity index (χ1) is 9.75. The molecule has 20 heavy (non-hydrogen) atoms. The maximum absolute atomic E-state index is 6.45. The fourth-order valence-electron chi connectivity index (χ4n) is 3.59. The molecule has 110 valence electrons. The van der Waals surface area contributed by atoms with Crippen molar-refractivity contribution in [2.24, 2.45) is 0 Å². The number of hydrogen-bond acceptors (Lipinski definition) is 2. The first-order valence-electron chi connectivity index (χ1n) is 8.23. The van der Waals surface area contributed by atoms with Crippen LogP contribution in [0, 0.1) is 13.8 Å². The van der Waals surface area contributed by atoms with Crippen LogP contribution in [0.4, 0.5) is 0 Å². The fraction of sp³-hybridized carbons (Fsp3) is 0.667. The van der Waals surface area contributed by atoms with Crippen LogP contribution >= 0.6 is 0 Å². The predicted molar refractivity (Wildman–Crippen MR) is 83.6 cm³/mol. The number of ether oxygens (including phenoxy) is 1. The molecule has 1 aliphatic heterocycles. The van der Waals surface area contributed by atoms with E-state index in [0.29, 0.717) is 12.0 Å². The van der Waals surface area contributed by atoms with Crippen LogP contribution in [0.1, 0.15) is 61.1 Å². The Bertz CT molecular complexity index is 457. The Labute approximate surface area is 122 Å². The summed E-state index contributed by atoms with van der Waals surface area (Å²) in [5.74, 6) is 1.88. The second-order valence-corrected chi connectivity index (χ2v) is 6.47.